The van der Waals surface area contributed by atoms with Crippen LogP contribution in [-0.2, 0) is 9.84 Å². The Morgan fingerprint density at radius 1 is 1.18 bits per heavy atom. The highest BCUT2D eigenvalue weighted by Gasteiger charge is 2.38. The number of hydrogen-bond acceptors (Lipinski definition) is 8. The molecule has 2 aliphatic rings. The minimum Gasteiger partial charge on any atom is -0.386 e. The fraction of sp³-hybridized carbons (Fsp3) is 0.333. The molecule has 33 heavy (non-hydrogen) atoms. The maximum absolute atomic E-state index is 14.4. The highest BCUT2D eigenvalue weighted by molar-refractivity contribution is 9.10. The lowest BCUT2D eigenvalue weighted by molar-refractivity contribution is 0.488. The van der Waals surface area contributed by atoms with Crippen LogP contribution in [0.3, 0.4) is 0 Å². The van der Waals surface area contributed by atoms with E-state index in [1.807, 2.05) is 6.07 Å². The van der Waals surface area contributed by atoms with Crippen LogP contribution < -0.4 is 11.1 Å². The monoisotopic (exact) mass is 538 g/mol. The minimum absolute atomic E-state index is 0.209. The van der Waals surface area contributed by atoms with Crippen LogP contribution in [0.5, 0.6) is 0 Å². The van der Waals surface area contributed by atoms with Gasteiger partial charge in [0.15, 0.2) is 15.7 Å². The van der Waals surface area contributed by atoms with Crippen molar-refractivity contribution in [3.8, 4) is 0 Å². The van der Waals surface area contributed by atoms with Crippen LogP contribution in [0.15, 0.2) is 46.1 Å². The van der Waals surface area contributed by atoms with Gasteiger partial charge in [0.05, 0.1) is 5.75 Å². The first kappa shape index (κ1) is 23.4. The SMILES string of the molecule is C1CC1.NC1=NC(c2nc(Nc3nccc4cc(Br)cnc34)ccc2F)CS(=O)(=O)C1CF. The van der Waals surface area contributed by atoms with Gasteiger partial charge in [-0.3, -0.25) is 9.98 Å². The van der Waals surface area contributed by atoms with Crippen molar-refractivity contribution in [2.45, 2.75) is 30.6 Å². The molecule has 0 spiro atoms. The molecule has 3 N–H and O–H groups in total. The molecule has 3 aromatic rings. The van der Waals surface area contributed by atoms with Crippen molar-refractivity contribution < 1.29 is 17.2 Å². The molecule has 12 heteroatoms. The van der Waals surface area contributed by atoms with Crippen LogP contribution in [-0.4, -0.2) is 46.9 Å². The molecule has 0 bridgehead atoms. The van der Waals surface area contributed by atoms with E-state index in [1.165, 1.54) is 25.3 Å². The zero-order valence-corrected chi connectivity index (χ0v) is 19.8. The van der Waals surface area contributed by atoms with Gasteiger partial charge in [0.2, 0.25) is 0 Å². The second-order valence-corrected chi connectivity index (χ2v) is 10.8. The third-order valence-corrected chi connectivity index (χ3v) is 7.40. The van der Waals surface area contributed by atoms with Crippen LogP contribution in [0.4, 0.5) is 20.4 Å². The molecule has 8 nitrogen and oxygen atoms in total. The first-order chi connectivity index (χ1) is 15.8. The number of aliphatic imine (C=N–C) groups is 1. The fourth-order valence-corrected chi connectivity index (χ4v) is 5.02. The topological polar surface area (TPSA) is 123 Å². The molecule has 5 rings (SSSR count). The predicted octanol–water partition coefficient (Wildman–Crippen LogP) is 4.01. The van der Waals surface area contributed by atoms with E-state index in [-0.39, 0.29) is 17.3 Å². The Morgan fingerprint density at radius 3 is 2.61 bits per heavy atom. The Kier molecular flexibility index (Phi) is 6.84. The van der Waals surface area contributed by atoms with E-state index in [9.17, 15) is 17.2 Å². The molecule has 1 saturated carbocycles. The van der Waals surface area contributed by atoms with Gasteiger partial charge in [0, 0.05) is 22.3 Å². The number of nitrogens with one attached hydrogen (secondary N) is 1. The Balaban J connectivity index is 0.000000799. The van der Waals surface area contributed by atoms with Crippen LogP contribution in [0.25, 0.3) is 10.9 Å². The van der Waals surface area contributed by atoms with E-state index >= 15 is 0 Å². The van der Waals surface area contributed by atoms with Crippen molar-refractivity contribution in [3.05, 3.63) is 52.6 Å². The van der Waals surface area contributed by atoms with Crippen molar-refractivity contribution in [1.82, 2.24) is 15.0 Å². The summed E-state index contributed by atoms with van der Waals surface area (Å²) in [5.74, 6) is -1.11. The number of anilines is 2. The standard InChI is InChI=1S/C18H15BrF2N6O2S.C3H6/c19-10-5-9-3-4-23-18(15(9)24-7-10)27-14-2-1-11(21)16(26-14)12-8-30(28,29)13(6-20)17(22)25-12;1-2-3-1/h1-5,7,12-13H,6,8H2,(H2,22,25)(H,23,26,27);1-3H2. The van der Waals surface area contributed by atoms with E-state index < -0.39 is 39.4 Å². The number of sulfone groups is 1. The minimum atomic E-state index is -3.93. The van der Waals surface area contributed by atoms with E-state index in [2.05, 4.69) is 41.2 Å². The lowest BCUT2D eigenvalue weighted by atomic mass is 10.2. The molecule has 1 aliphatic carbocycles. The Bertz CT molecular complexity index is 1320. The molecule has 3 aromatic heterocycles. The quantitative estimate of drug-likeness (QED) is 0.514. The zero-order valence-electron chi connectivity index (χ0n) is 17.4. The van der Waals surface area contributed by atoms with Gasteiger partial charge >= 0.3 is 0 Å². The number of amidine groups is 1. The van der Waals surface area contributed by atoms with Gasteiger partial charge in [-0.05, 0) is 40.2 Å². The predicted molar refractivity (Wildman–Crippen MR) is 126 cm³/mol. The number of halogens is 3. The molecule has 2 unspecified atom stereocenters. The summed E-state index contributed by atoms with van der Waals surface area (Å²) in [7, 11) is -3.93. The smallest absolute Gasteiger partial charge is 0.165 e. The average molecular weight is 539 g/mol. The molecule has 0 amide bonds. The maximum Gasteiger partial charge on any atom is 0.165 e. The lowest BCUT2D eigenvalue weighted by Gasteiger charge is -2.24. The van der Waals surface area contributed by atoms with Gasteiger partial charge in [-0.15, -0.1) is 0 Å². The number of hydrogen-bond donors (Lipinski definition) is 2. The second kappa shape index (κ2) is 9.64. The molecule has 174 valence electrons. The molecule has 0 aromatic carbocycles. The number of aromatic nitrogens is 3. The number of fused-ring (bicyclic) bond motifs is 1. The summed E-state index contributed by atoms with van der Waals surface area (Å²) in [5, 5.41) is 2.28. The highest BCUT2D eigenvalue weighted by atomic mass is 79.9. The molecule has 0 radical (unpaired) electrons. The van der Waals surface area contributed by atoms with Crippen LogP contribution in [0, 0.1) is 5.82 Å². The van der Waals surface area contributed by atoms with Gasteiger partial charge < -0.3 is 11.1 Å². The Morgan fingerprint density at radius 2 is 1.94 bits per heavy atom. The second-order valence-electron chi connectivity index (χ2n) is 7.68. The van der Waals surface area contributed by atoms with Gasteiger partial charge in [0.1, 0.15) is 46.6 Å². The molecule has 4 heterocycles. The normalized spacial score (nSPS) is 21.0. The fourth-order valence-electron chi connectivity index (χ4n) is 3.14. The Labute approximate surface area is 197 Å². The van der Waals surface area contributed by atoms with Gasteiger partial charge in [-0.25, -0.2) is 27.2 Å². The van der Waals surface area contributed by atoms with Gasteiger partial charge in [0.25, 0.3) is 0 Å². The van der Waals surface area contributed by atoms with Crippen molar-refractivity contribution in [2.24, 2.45) is 10.7 Å². The number of nitrogens with zero attached hydrogens (tertiary/aromatic N) is 4. The number of alkyl halides is 1. The van der Waals surface area contributed by atoms with Gasteiger partial charge in [-0.2, -0.15) is 0 Å². The molecular formula is C21H21BrF2N6O2S. The highest BCUT2D eigenvalue weighted by Crippen LogP contribution is 2.29. The molecule has 1 aliphatic heterocycles. The Hall–Kier alpha value is -2.73. The van der Waals surface area contributed by atoms with E-state index in [4.69, 9.17) is 5.73 Å². The third-order valence-electron chi connectivity index (χ3n) is 4.95. The number of nitrogens with two attached hydrogens (primary N) is 1. The summed E-state index contributed by atoms with van der Waals surface area (Å²) >= 11 is 3.36. The average Bonchev–Trinajstić information content (AvgIpc) is 3.64. The van der Waals surface area contributed by atoms with E-state index in [1.54, 1.807) is 18.5 Å². The summed E-state index contributed by atoms with van der Waals surface area (Å²) in [5.41, 5.74) is 5.98. The largest absolute Gasteiger partial charge is 0.386 e. The van der Waals surface area contributed by atoms with E-state index in [0.29, 0.717) is 11.3 Å². The lowest BCUT2D eigenvalue weighted by Crippen LogP contribution is -2.44. The summed E-state index contributed by atoms with van der Waals surface area (Å²) < 4.78 is 52.8. The van der Waals surface area contributed by atoms with Crippen LogP contribution in [0.2, 0.25) is 0 Å². The van der Waals surface area contributed by atoms with Crippen molar-refractivity contribution >= 4 is 54.1 Å². The third kappa shape index (κ3) is 5.44. The summed E-state index contributed by atoms with van der Waals surface area (Å²) in [6.07, 6.45) is 7.70. The van der Waals surface area contributed by atoms with Crippen molar-refractivity contribution in [2.75, 3.05) is 17.7 Å². The van der Waals surface area contributed by atoms with Crippen molar-refractivity contribution in [1.29, 1.82) is 0 Å². The first-order valence-corrected chi connectivity index (χ1v) is 12.7. The van der Waals surface area contributed by atoms with Crippen LogP contribution >= 0.6 is 15.9 Å². The molecule has 1 fully saturated rings. The van der Waals surface area contributed by atoms with Crippen molar-refractivity contribution in [3.63, 3.8) is 0 Å². The molecule has 0 saturated heterocycles. The number of rotatable bonds is 4. The van der Waals surface area contributed by atoms with Gasteiger partial charge in [-0.1, -0.05) is 19.3 Å². The summed E-state index contributed by atoms with van der Waals surface area (Å²) in [6.45, 7) is -1.18. The summed E-state index contributed by atoms with van der Waals surface area (Å²) in [4.78, 5) is 16.7. The first-order valence-electron chi connectivity index (χ1n) is 10.2. The number of pyridine rings is 3. The molecule has 2 atom stereocenters. The molecular weight excluding hydrogens is 518 g/mol. The zero-order chi connectivity index (χ0) is 23.6. The maximum atomic E-state index is 14.4. The van der Waals surface area contributed by atoms with Crippen LogP contribution in [0.1, 0.15) is 31.0 Å². The van der Waals surface area contributed by atoms with E-state index in [0.717, 1.165) is 15.9 Å². The summed E-state index contributed by atoms with van der Waals surface area (Å²) in [6, 6.07) is 5.00.